The fourth-order valence-electron chi connectivity index (χ4n) is 3.44. The Kier molecular flexibility index (Phi) is 3.06. The summed E-state index contributed by atoms with van der Waals surface area (Å²) >= 11 is 0. The van der Waals surface area contributed by atoms with E-state index in [1.54, 1.807) is 0 Å². The lowest BCUT2D eigenvalue weighted by Gasteiger charge is -2.23. The van der Waals surface area contributed by atoms with E-state index < -0.39 is 0 Å². The standard InChI is InChI=1S/C16H21N5O/c1-20-14-5-3-4-12(11(14)9-17-20)18-16(22)13-8-15(10-6-7-10)21(2)19-13/h8-10,12H,3-7H2,1-2H3,(H,18,22)/t12-/m0/s1. The minimum Gasteiger partial charge on any atom is -0.344 e. The molecule has 2 aromatic heterocycles. The molecule has 0 saturated heterocycles. The number of carbonyl (C=O) groups is 1. The van der Waals surface area contributed by atoms with E-state index >= 15 is 0 Å². The largest absolute Gasteiger partial charge is 0.344 e. The van der Waals surface area contributed by atoms with Gasteiger partial charge in [0.2, 0.25) is 0 Å². The fourth-order valence-corrected chi connectivity index (χ4v) is 3.44. The Labute approximate surface area is 129 Å². The molecule has 2 aliphatic carbocycles. The van der Waals surface area contributed by atoms with Crippen molar-refractivity contribution in [3.8, 4) is 0 Å². The van der Waals surface area contributed by atoms with E-state index in [0.717, 1.165) is 24.8 Å². The highest BCUT2D eigenvalue weighted by atomic mass is 16.2. The number of amides is 1. The first-order chi connectivity index (χ1) is 10.6. The van der Waals surface area contributed by atoms with E-state index in [2.05, 4.69) is 15.5 Å². The molecule has 2 aliphatic rings. The predicted octanol–water partition coefficient (Wildman–Crippen LogP) is 1.84. The Bertz CT molecular complexity index is 725. The molecule has 0 spiro atoms. The van der Waals surface area contributed by atoms with Crippen LogP contribution in [0.15, 0.2) is 12.3 Å². The molecule has 1 N–H and O–H groups in total. The van der Waals surface area contributed by atoms with Crippen molar-refractivity contribution < 1.29 is 4.79 Å². The topological polar surface area (TPSA) is 64.7 Å². The van der Waals surface area contributed by atoms with Crippen LogP contribution in [-0.2, 0) is 20.5 Å². The van der Waals surface area contributed by atoms with Crippen LogP contribution >= 0.6 is 0 Å². The van der Waals surface area contributed by atoms with Crippen LogP contribution in [0.2, 0.25) is 0 Å². The fraction of sp³-hybridized carbons (Fsp3) is 0.562. The van der Waals surface area contributed by atoms with Crippen molar-refractivity contribution in [2.24, 2.45) is 14.1 Å². The number of fused-ring (bicyclic) bond motifs is 1. The van der Waals surface area contributed by atoms with E-state index in [0.29, 0.717) is 11.6 Å². The monoisotopic (exact) mass is 299 g/mol. The van der Waals surface area contributed by atoms with Gasteiger partial charge in [0.15, 0.2) is 0 Å². The first kappa shape index (κ1) is 13.5. The lowest BCUT2D eigenvalue weighted by molar-refractivity contribution is 0.0927. The van der Waals surface area contributed by atoms with Crippen molar-refractivity contribution in [1.82, 2.24) is 24.9 Å². The maximum Gasteiger partial charge on any atom is 0.272 e. The molecular weight excluding hydrogens is 278 g/mol. The van der Waals surface area contributed by atoms with Gasteiger partial charge in [-0.25, -0.2) is 0 Å². The number of aryl methyl sites for hydroxylation is 2. The molecular formula is C16H21N5O. The normalized spacial score (nSPS) is 20.7. The molecule has 1 saturated carbocycles. The maximum absolute atomic E-state index is 12.5. The van der Waals surface area contributed by atoms with Crippen molar-refractivity contribution in [3.05, 3.63) is 34.9 Å². The van der Waals surface area contributed by atoms with Crippen LogP contribution in [0.1, 0.15) is 65.1 Å². The molecule has 0 radical (unpaired) electrons. The first-order valence-corrected chi connectivity index (χ1v) is 7.99. The van der Waals surface area contributed by atoms with E-state index in [1.165, 1.54) is 24.2 Å². The van der Waals surface area contributed by atoms with E-state index in [9.17, 15) is 4.79 Å². The van der Waals surface area contributed by atoms with Crippen LogP contribution in [-0.4, -0.2) is 25.5 Å². The van der Waals surface area contributed by atoms with Crippen LogP contribution in [0.3, 0.4) is 0 Å². The number of carbonyl (C=O) groups excluding carboxylic acids is 1. The highest BCUT2D eigenvalue weighted by Gasteiger charge is 2.30. The summed E-state index contributed by atoms with van der Waals surface area (Å²) in [7, 11) is 3.88. The van der Waals surface area contributed by atoms with Crippen molar-refractivity contribution in [1.29, 1.82) is 0 Å². The predicted molar refractivity (Wildman–Crippen MR) is 81.5 cm³/mol. The van der Waals surface area contributed by atoms with Crippen LogP contribution in [0, 0.1) is 0 Å². The molecule has 6 heteroatoms. The van der Waals surface area contributed by atoms with Crippen molar-refractivity contribution in [2.75, 3.05) is 0 Å². The number of rotatable bonds is 3. The quantitative estimate of drug-likeness (QED) is 0.940. The van der Waals surface area contributed by atoms with E-state index in [1.807, 2.05) is 35.7 Å². The summed E-state index contributed by atoms with van der Waals surface area (Å²) in [4.78, 5) is 12.5. The maximum atomic E-state index is 12.5. The van der Waals surface area contributed by atoms with E-state index in [4.69, 9.17) is 0 Å². The van der Waals surface area contributed by atoms with Crippen LogP contribution in [0.4, 0.5) is 0 Å². The number of aromatic nitrogens is 4. The molecule has 0 unspecified atom stereocenters. The van der Waals surface area contributed by atoms with Crippen LogP contribution < -0.4 is 5.32 Å². The summed E-state index contributed by atoms with van der Waals surface area (Å²) in [5.41, 5.74) is 4.09. The molecule has 0 aromatic carbocycles. The second kappa shape index (κ2) is 4.97. The molecule has 0 bridgehead atoms. The van der Waals surface area contributed by atoms with Crippen molar-refractivity contribution in [3.63, 3.8) is 0 Å². The third-order valence-corrected chi connectivity index (χ3v) is 4.83. The first-order valence-electron chi connectivity index (χ1n) is 7.99. The van der Waals surface area contributed by atoms with Gasteiger partial charge in [-0.05, 0) is 38.2 Å². The van der Waals surface area contributed by atoms with E-state index in [-0.39, 0.29) is 11.9 Å². The van der Waals surface area contributed by atoms with Crippen LogP contribution in [0.5, 0.6) is 0 Å². The molecule has 6 nitrogen and oxygen atoms in total. The van der Waals surface area contributed by atoms with Gasteiger partial charge in [-0.15, -0.1) is 0 Å². The molecule has 2 heterocycles. The van der Waals surface area contributed by atoms with Gasteiger partial charge in [-0.1, -0.05) is 0 Å². The molecule has 0 aliphatic heterocycles. The lowest BCUT2D eigenvalue weighted by Crippen LogP contribution is -2.31. The molecule has 22 heavy (non-hydrogen) atoms. The summed E-state index contributed by atoms with van der Waals surface area (Å²) < 4.78 is 3.77. The smallest absolute Gasteiger partial charge is 0.272 e. The van der Waals surface area contributed by atoms with Gasteiger partial charge in [0.25, 0.3) is 5.91 Å². The SMILES string of the molecule is Cn1nc(C(=O)N[C@H]2CCCc3c2cnn3C)cc1C1CC1. The molecule has 116 valence electrons. The summed E-state index contributed by atoms with van der Waals surface area (Å²) in [6.45, 7) is 0. The minimum absolute atomic E-state index is 0.0522. The average Bonchev–Trinajstić information content (AvgIpc) is 3.17. The number of hydrogen-bond acceptors (Lipinski definition) is 3. The van der Waals surface area contributed by atoms with Gasteiger partial charge in [0.05, 0.1) is 12.2 Å². The molecule has 1 amide bonds. The average molecular weight is 299 g/mol. The van der Waals surface area contributed by atoms with Crippen molar-refractivity contribution in [2.45, 2.75) is 44.1 Å². The zero-order chi connectivity index (χ0) is 15.3. The summed E-state index contributed by atoms with van der Waals surface area (Å²) in [5, 5.41) is 11.8. The lowest BCUT2D eigenvalue weighted by atomic mass is 9.93. The zero-order valence-corrected chi connectivity index (χ0v) is 13.0. The van der Waals surface area contributed by atoms with Gasteiger partial charge in [-0.2, -0.15) is 10.2 Å². The Morgan fingerprint density at radius 1 is 1.27 bits per heavy atom. The molecule has 4 rings (SSSR count). The zero-order valence-electron chi connectivity index (χ0n) is 13.0. The van der Waals surface area contributed by atoms with Gasteiger partial charge in [0.1, 0.15) is 5.69 Å². The van der Waals surface area contributed by atoms with Gasteiger partial charge >= 0.3 is 0 Å². The Hall–Kier alpha value is -2.11. The number of nitrogens with one attached hydrogen (secondary N) is 1. The second-order valence-corrected chi connectivity index (χ2v) is 6.44. The summed E-state index contributed by atoms with van der Waals surface area (Å²) in [5.74, 6) is 0.517. The van der Waals surface area contributed by atoms with Gasteiger partial charge in [-0.3, -0.25) is 14.2 Å². The third kappa shape index (κ3) is 2.23. The molecule has 1 fully saturated rings. The summed E-state index contributed by atoms with van der Waals surface area (Å²) in [6, 6.07) is 2.00. The van der Waals surface area contributed by atoms with Gasteiger partial charge < -0.3 is 5.32 Å². The minimum atomic E-state index is -0.0794. The highest BCUT2D eigenvalue weighted by molar-refractivity contribution is 5.92. The number of nitrogens with zero attached hydrogens (tertiary/aromatic N) is 4. The highest BCUT2D eigenvalue weighted by Crippen LogP contribution is 2.40. The Morgan fingerprint density at radius 3 is 2.86 bits per heavy atom. The third-order valence-electron chi connectivity index (χ3n) is 4.83. The second-order valence-electron chi connectivity index (χ2n) is 6.44. The van der Waals surface area contributed by atoms with Gasteiger partial charge in [0, 0.05) is 37.0 Å². The molecule has 2 aromatic rings. The molecule has 1 atom stereocenters. The Morgan fingerprint density at radius 2 is 2.09 bits per heavy atom. The van der Waals surface area contributed by atoms with Crippen LogP contribution in [0.25, 0.3) is 0 Å². The summed E-state index contributed by atoms with van der Waals surface area (Å²) in [6.07, 6.45) is 7.38. The number of hydrogen-bond donors (Lipinski definition) is 1. The van der Waals surface area contributed by atoms with Crippen molar-refractivity contribution >= 4 is 5.91 Å². The Balaban J connectivity index is 1.54.